The molecule has 0 fully saturated rings. The molecular formula is C24H36O5. The fourth-order valence-corrected chi connectivity index (χ4v) is 4.08. The van der Waals surface area contributed by atoms with Gasteiger partial charge in [0.1, 0.15) is 23.7 Å². The number of unbranched alkanes of at least 4 members (excludes halogenated alkanes) is 2. The van der Waals surface area contributed by atoms with Gasteiger partial charge in [-0.15, -0.1) is 0 Å². The van der Waals surface area contributed by atoms with Gasteiger partial charge >= 0.3 is 5.97 Å². The number of aryl methyl sites for hydroxylation is 1. The van der Waals surface area contributed by atoms with Crippen LogP contribution in [0.4, 0.5) is 0 Å². The summed E-state index contributed by atoms with van der Waals surface area (Å²) < 4.78 is 5.33. The fraction of sp³-hybridized carbons (Fsp3) is 0.625. The molecule has 0 saturated heterocycles. The van der Waals surface area contributed by atoms with Crippen LogP contribution in [0.3, 0.4) is 0 Å². The summed E-state index contributed by atoms with van der Waals surface area (Å²) in [6.07, 6.45) is 8.97. The summed E-state index contributed by atoms with van der Waals surface area (Å²) in [6.45, 7) is 6.00. The van der Waals surface area contributed by atoms with Crippen LogP contribution in [-0.4, -0.2) is 34.0 Å². The molecule has 5 heteroatoms. The second-order valence-corrected chi connectivity index (χ2v) is 8.20. The maximum absolute atomic E-state index is 12.8. The van der Waals surface area contributed by atoms with Crippen molar-refractivity contribution in [3.05, 3.63) is 34.4 Å². The van der Waals surface area contributed by atoms with Crippen LogP contribution < -0.4 is 0 Å². The van der Waals surface area contributed by atoms with E-state index in [0.29, 0.717) is 24.0 Å². The third kappa shape index (κ3) is 6.23. The number of ether oxygens (including phenoxy) is 1. The van der Waals surface area contributed by atoms with E-state index >= 15 is 0 Å². The van der Waals surface area contributed by atoms with E-state index in [1.54, 1.807) is 6.07 Å². The quantitative estimate of drug-likeness (QED) is 0.277. The van der Waals surface area contributed by atoms with Gasteiger partial charge in [0.15, 0.2) is 0 Å². The van der Waals surface area contributed by atoms with Crippen LogP contribution in [-0.2, 0) is 11.2 Å². The average molecular weight is 405 g/mol. The summed E-state index contributed by atoms with van der Waals surface area (Å²) in [4.78, 5) is 12.8. The molecule has 0 spiro atoms. The van der Waals surface area contributed by atoms with E-state index < -0.39 is 12.1 Å². The van der Waals surface area contributed by atoms with E-state index in [2.05, 4.69) is 13.0 Å². The molecule has 1 unspecified atom stereocenters. The zero-order valence-electron chi connectivity index (χ0n) is 18.0. The summed E-state index contributed by atoms with van der Waals surface area (Å²) in [5.74, 6) is -0.900. The van der Waals surface area contributed by atoms with Gasteiger partial charge in [-0.25, -0.2) is 4.79 Å². The van der Waals surface area contributed by atoms with Crippen molar-refractivity contribution in [1.29, 1.82) is 0 Å². The maximum atomic E-state index is 12.8. The van der Waals surface area contributed by atoms with Crippen molar-refractivity contribution < 1.29 is 24.9 Å². The van der Waals surface area contributed by atoms with Crippen LogP contribution in [0, 0.1) is 0 Å². The largest absolute Gasteiger partial charge is 0.507 e. The lowest BCUT2D eigenvalue weighted by Crippen LogP contribution is -2.20. The molecule has 1 aliphatic carbocycles. The third-order valence-corrected chi connectivity index (χ3v) is 5.63. The van der Waals surface area contributed by atoms with Crippen molar-refractivity contribution in [1.82, 2.24) is 0 Å². The predicted octanol–water partition coefficient (Wildman–Crippen LogP) is 5.36. The molecule has 2 rings (SSSR count). The number of carbonyl (C=O) groups excluding carboxylic acids is 1. The average Bonchev–Trinajstić information content (AvgIpc) is 2.66. The van der Waals surface area contributed by atoms with E-state index in [-0.39, 0.29) is 29.6 Å². The van der Waals surface area contributed by atoms with Gasteiger partial charge in [-0.1, -0.05) is 44.8 Å². The van der Waals surface area contributed by atoms with Gasteiger partial charge in [0.2, 0.25) is 0 Å². The minimum absolute atomic E-state index is 0.0347. The first-order valence-electron chi connectivity index (χ1n) is 11.0. The number of rotatable bonds is 10. The zero-order chi connectivity index (χ0) is 21.4. The number of carbonyl (C=O) groups is 1. The van der Waals surface area contributed by atoms with Crippen molar-refractivity contribution in [2.45, 2.75) is 90.6 Å². The summed E-state index contributed by atoms with van der Waals surface area (Å²) in [5.41, 5.74) is 2.36. The van der Waals surface area contributed by atoms with E-state index in [1.807, 2.05) is 13.8 Å². The smallest absolute Gasteiger partial charge is 0.342 e. The number of phenols is 2. The molecule has 0 amide bonds. The van der Waals surface area contributed by atoms with E-state index in [4.69, 9.17) is 4.74 Å². The number of benzene rings is 1. The van der Waals surface area contributed by atoms with Gasteiger partial charge in [-0.05, 0) is 57.1 Å². The van der Waals surface area contributed by atoms with Gasteiger partial charge < -0.3 is 20.1 Å². The van der Waals surface area contributed by atoms with Gasteiger partial charge in [-0.3, -0.25) is 0 Å². The van der Waals surface area contributed by atoms with Gasteiger partial charge in [-0.2, -0.15) is 0 Å². The molecule has 0 bridgehead atoms. The minimum atomic E-state index is -0.713. The number of allylic oxidation sites excluding steroid dienone is 2. The number of aliphatic hydroxyl groups excluding tert-OH is 1. The molecule has 0 aliphatic heterocycles. The van der Waals surface area contributed by atoms with Crippen molar-refractivity contribution in [3.63, 3.8) is 0 Å². The highest BCUT2D eigenvalue weighted by Crippen LogP contribution is 2.44. The van der Waals surface area contributed by atoms with Crippen LogP contribution in [0.15, 0.2) is 17.7 Å². The Labute approximate surface area is 174 Å². The molecular weight excluding hydrogens is 368 g/mol. The number of aliphatic hydroxyl groups is 1. The van der Waals surface area contributed by atoms with Crippen LogP contribution in [0.25, 0.3) is 0 Å². The molecule has 1 aliphatic rings. The Kier molecular flexibility index (Phi) is 9.02. The third-order valence-electron chi connectivity index (χ3n) is 5.63. The Morgan fingerprint density at radius 3 is 2.66 bits per heavy atom. The summed E-state index contributed by atoms with van der Waals surface area (Å²) in [6, 6.07) is 1.61. The second kappa shape index (κ2) is 11.2. The SMILES string of the molecule is CCCCCc1cc(O)c([C@@H]2C=C(C)CCC2)c(O)c1C(=O)OCC(O)CCC. The standard InChI is InChI=1S/C24H36O5/c1-4-6-7-11-18-14-20(26)21(17-12-8-10-16(3)13-17)23(27)22(18)24(28)29-15-19(25)9-5-2/h13-14,17,19,25-27H,4-12,15H2,1-3H3/t17-,19?/m0/s1. The Morgan fingerprint density at radius 2 is 2.00 bits per heavy atom. The lowest BCUT2D eigenvalue weighted by Gasteiger charge is -2.24. The molecule has 3 N–H and O–H groups in total. The monoisotopic (exact) mass is 404 g/mol. The second-order valence-electron chi connectivity index (χ2n) is 8.20. The first kappa shape index (κ1) is 23.3. The van der Waals surface area contributed by atoms with Crippen LogP contribution in [0.1, 0.15) is 99.5 Å². The number of hydrogen-bond donors (Lipinski definition) is 3. The molecule has 29 heavy (non-hydrogen) atoms. The lowest BCUT2D eigenvalue weighted by molar-refractivity contribution is 0.0233. The molecule has 1 aromatic carbocycles. The molecule has 1 aromatic rings. The number of esters is 1. The van der Waals surface area contributed by atoms with Crippen LogP contribution >= 0.6 is 0 Å². The highest BCUT2D eigenvalue weighted by molar-refractivity contribution is 5.95. The van der Waals surface area contributed by atoms with E-state index in [9.17, 15) is 20.1 Å². The molecule has 0 aromatic heterocycles. The molecule has 0 radical (unpaired) electrons. The summed E-state index contributed by atoms with van der Waals surface area (Å²) in [5, 5.41) is 31.6. The van der Waals surface area contributed by atoms with Crippen molar-refractivity contribution >= 4 is 5.97 Å². The van der Waals surface area contributed by atoms with Gasteiger partial charge in [0, 0.05) is 11.5 Å². The Balaban J connectivity index is 2.39. The van der Waals surface area contributed by atoms with Gasteiger partial charge in [0.05, 0.1) is 6.10 Å². The lowest BCUT2D eigenvalue weighted by atomic mass is 9.83. The normalized spacial score (nSPS) is 17.7. The van der Waals surface area contributed by atoms with Crippen LogP contribution in [0.5, 0.6) is 11.5 Å². The van der Waals surface area contributed by atoms with Crippen LogP contribution in [0.2, 0.25) is 0 Å². The minimum Gasteiger partial charge on any atom is -0.507 e. The first-order chi connectivity index (χ1) is 13.9. The molecule has 2 atom stereocenters. The first-order valence-corrected chi connectivity index (χ1v) is 11.0. The Hall–Kier alpha value is -2.01. The highest BCUT2D eigenvalue weighted by atomic mass is 16.5. The molecule has 162 valence electrons. The number of hydrogen-bond acceptors (Lipinski definition) is 5. The van der Waals surface area contributed by atoms with E-state index in [1.165, 1.54) is 5.57 Å². The fourth-order valence-electron chi connectivity index (χ4n) is 4.08. The predicted molar refractivity (Wildman–Crippen MR) is 115 cm³/mol. The maximum Gasteiger partial charge on any atom is 0.342 e. The van der Waals surface area contributed by atoms with Crippen molar-refractivity contribution in [2.24, 2.45) is 0 Å². The zero-order valence-corrected chi connectivity index (χ0v) is 18.0. The topological polar surface area (TPSA) is 87.0 Å². The van der Waals surface area contributed by atoms with Gasteiger partial charge in [0.25, 0.3) is 0 Å². The Bertz CT molecular complexity index is 722. The highest BCUT2D eigenvalue weighted by Gasteiger charge is 2.28. The molecule has 0 saturated carbocycles. The number of aromatic hydroxyl groups is 2. The molecule has 5 nitrogen and oxygen atoms in total. The number of phenolic OH excluding ortho intramolecular Hbond substituents is 2. The van der Waals surface area contributed by atoms with Crippen molar-refractivity contribution in [2.75, 3.05) is 6.61 Å². The Morgan fingerprint density at radius 1 is 1.24 bits per heavy atom. The summed E-state index contributed by atoms with van der Waals surface area (Å²) >= 11 is 0. The van der Waals surface area contributed by atoms with Crippen molar-refractivity contribution in [3.8, 4) is 11.5 Å². The summed E-state index contributed by atoms with van der Waals surface area (Å²) in [7, 11) is 0. The molecule has 0 heterocycles. The van der Waals surface area contributed by atoms with E-state index in [0.717, 1.165) is 44.9 Å².